The number of para-hydroxylation sites is 1. The molecule has 1 aromatic carbocycles. The molecule has 2 aliphatic rings. The van der Waals surface area contributed by atoms with Crippen molar-refractivity contribution in [2.75, 3.05) is 19.7 Å². The van der Waals surface area contributed by atoms with Gasteiger partial charge in [-0.15, -0.1) is 10.2 Å². The van der Waals surface area contributed by atoms with Gasteiger partial charge < -0.3 is 15.0 Å². The average Bonchev–Trinajstić information content (AvgIpc) is 3.34. The molecule has 6 rings (SSSR count). The van der Waals surface area contributed by atoms with E-state index in [0.29, 0.717) is 61.3 Å². The van der Waals surface area contributed by atoms with Crippen molar-refractivity contribution >= 4 is 11.8 Å². The van der Waals surface area contributed by atoms with Crippen LogP contribution in [0.2, 0.25) is 0 Å². The zero-order valence-corrected chi connectivity index (χ0v) is 22.0. The van der Waals surface area contributed by atoms with E-state index in [9.17, 15) is 14.0 Å². The zero-order chi connectivity index (χ0) is 27.6. The van der Waals surface area contributed by atoms with Crippen LogP contribution in [0.4, 0.5) is 4.39 Å². The second-order valence-electron chi connectivity index (χ2n) is 9.87. The van der Waals surface area contributed by atoms with E-state index in [-0.39, 0.29) is 35.2 Å². The molecule has 11 heteroatoms. The summed E-state index contributed by atoms with van der Waals surface area (Å²) in [5, 5.41) is 11.8. The van der Waals surface area contributed by atoms with Crippen LogP contribution in [-0.2, 0) is 0 Å². The molecule has 2 fully saturated rings. The fourth-order valence-corrected chi connectivity index (χ4v) is 4.93. The highest BCUT2D eigenvalue weighted by Crippen LogP contribution is 2.39. The number of halogens is 1. The van der Waals surface area contributed by atoms with Crippen molar-refractivity contribution in [3.8, 4) is 23.0 Å². The van der Waals surface area contributed by atoms with Crippen LogP contribution < -0.4 is 10.1 Å². The first-order valence-electron chi connectivity index (χ1n) is 13.4. The number of pyridine rings is 2. The highest BCUT2D eigenvalue weighted by molar-refractivity contribution is 5.96. The number of hydrogen-bond acceptors (Lipinski definition) is 7. The SMILES string of the molecule is CCOc1ccc(-c2nnc([C@H]3C[C@H](NC(=O)c4cccc(C(=O)N5CCC5)n4)C3)n2-c2ccccc2F)nc1. The van der Waals surface area contributed by atoms with E-state index < -0.39 is 5.82 Å². The quantitative estimate of drug-likeness (QED) is 0.361. The third-order valence-electron chi connectivity index (χ3n) is 7.24. The van der Waals surface area contributed by atoms with Gasteiger partial charge in [-0.1, -0.05) is 18.2 Å². The summed E-state index contributed by atoms with van der Waals surface area (Å²) < 4.78 is 22.2. The maximum Gasteiger partial charge on any atom is 0.272 e. The first kappa shape index (κ1) is 25.6. The molecule has 10 nitrogen and oxygen atoms in total. The topological polar surface area (TPSA) is 115 Å². The van der Waals surface area contributed by atoms with Crippen LogP contribution in [0.1, 0.15) is 58.9 Å². The number of ether oxygens (including phenoxy) is 1. The summed E-state index contributed by atoms with van der Waals surface area (Å²) in [4.78, 5) is 35.9. The number of aromatic nitrogens is 5. The molecule has 1 saturated carbocycles. The highest BCUT2D eigenvalue weighted by atomic mass is 19.1. The fraction of sp³-hybridized carbons (Fsp3) is 0.310. The van der Waals surface area contributed by atoms with Gasteiger partial charge in [0.2, 0.25) is 0 Å². The fourth-order valence-electron chi connectivity index (χ4n) is 4.93. The van der Waals surface area contributed by atoms with Gasteiger partial charge >= 0.3 is 0 Å². The van der Waals surface area contributed by atoms with Crippen molar-refractivity contribution in [2.24, 2.45) is 0 Å². The molecule has 3 aromatic heterocycles. The van der Waals surface area contributed by atoms with Gasteiger partial charge in [0.25, 0.3) is 11.8 Å². The molecule has 1 N–H and O–H groups in total. The monoisotopic (exact) mass is 541 g/mol. The van der Waals surface area contributed by atoms with Crippen LogP contribution in [0.5, 0.6) is 5.75 Å². The Bertz CT molecular complexity index is 1550. The Morgan fingerprint density at radius 3 is 2.52 bits per heavy atom. The van der Waals surface area contributed by atoms with E-state index in [0.717, 1.165) is 6.42 Å². The van der Waals surface area contributed by atoms with Gasteiger partial charge in [-0.25, -0.2) is 14.4 Å². The minimum atomic E-state index is -0.404. The van der Waals surface area contributed by atoms with Crippen molar-refractivity contribution in [3.63, 3.8) is 0 Å². The van der Waals surface area contributed by atoms with Gasteiger partial charge in [0.1, 0.15) is 34.5 Å². The molecule has 204 valence electrons. The second-order valence-corrected chi connectivity index (χ2v) is 9.87. The van der Waals surface area contributed by atoms with Gasteiger partial charge in [-0.3, -0.25) is 14.2 Å². The molecule has 1 aliphatic heterocycles. The lowest BCUT2D eigenvalue weighted by atomic mass is 9.79. The lowest BCUT2D eigenvalue weighted by molar-refractivity contribution is 0.0645. The van der Waals surface area contributed by atoms with Crippen LogP contribution in [0.25, 0.3) is 17.2 Å². The van der Waals surface area contributed by atoms with Gasteiger partial charge in [0.15, 0.2) is 5.82 Å². The summed E-state index contributed by atoms with van der Waals surface area (Å²) in [5.41, 5.74) is 1.34. The number of likely N-dealkylation sites (tertiary alicyclic amines) is 1. The molecule has 1 saturated heterocycles. The predicted octanol–water partition coefficient (Wildman–Crippen LogP) is 3.78. The Labute approximate surface area is 230 Å². The second kappa shape index (κ2) is 10.8. The predicted molar refractivity (Wildman–Crippen MR) is 144 cm³/mol. The molecule has 0 bridgehead atoms. The molecular weight excluding hydrogens is 513 g/mol. The molecular formula is C29H28FN7O3. The van der Waals surface area contributed by atoms with Gasteiger partial charge in [0.05, 0.1) is 18.5 Å². The smallest absolute Gasteiger partial charge is 0.272 e. The van der Waals surface area contributed by atoms with E-state index in [1.165, 1.54) is 6.07 Å². The highest BCUT2D eigenvalue weighted by Gasteiger charge is 2.37. The van der Waals surface area contributed by atoms with Crippen LogP contribution in [0.15, 0.2) is 60.8 Å². The molecule has 1 aliphatic carbocycles. The normalized spacial score (nSPS) is 18.0. The molecule has 0 radical (unpaired) electrons. The largest absolute Gasteiger partial charge is 0.492 e. The Hall–Kier alpha value is -4.67. The van der Waals surface area contributed by atoms with Crippen molar-refractivity contribution in [2.45, 2.75) is 38.1 Å². The number of carbonyl (C=O) groups excluding carboxylic acids is 2. The molecule has 0 spiro atoms. The Morgan fingerprint density at radius 2 is 1.82 bits per heavy atom. The number of benzene rings is 1. The first-order chi connectivity index (χ1) is 19.5. The summed E-state index contributed by atoms with van der Waals surface area (Å²) in [6, 6.07) is 14.8. The van der Waals surface area contributed by atoms with E-state index in [1.807, 2.05) is 6.92 Å². The zero-order valence-electron chi connectivity index (χ0n) is 22.0. The van der Waals surface area contributed by atoms with Gasteiger partial charge in [-0.2, -0.15) is 0 Å². The van der Waals surface area contributed by atoms with Crippen molar-refractivity contribution in [1.82, 2.24) is 34.9 Å². The maximum absolute atomic E-state index is 15.0. The first-order valence-corrected chi connectivity index (χ1v) is 13.4. The third-order valence-corrected chi connectivity index (χ3v) is 7.24. The Kier molecular flexibility index (Phi) is 6.93. The molecule has 4 heterocycles. The minimum Gasteiger partial charge on any atom is -0.492 e. The summed E-state index contributed by atoms with van der Waals surface area (Å²) in [5.74, 6) is 0.697. The number of nitrogens with zero attached hydrogens (tertiary/aromatic N) is 6. The number of amides is 2. The van der Waals surface area contributed by atoms with Crippen LogP contribution in [0, 0.1) is 5.82 Å². The minimum absolute atomic E-state index is 0.0545. The lowest BCUT2D eigenvalue weighted by Crippen LogP contribution is -2.44. The summed E-state index contributed by atoms with van der Waals surface area (Å²) in [6.07, 6.45) is 3.79. The van der Waals surface area contributed by atoms with Gasteiger partial charge in [-0.05, 0) is 62.6 Å². The number of carbonyl (C=O) groups is 2. The van der Waals surface area contributed by atoms with E-state index >= 15 is 0 Å². The number of nitrogens with one attached hydrogen (secondary N) is 1. The van der Waals surface area contributed by atoms with E-state index in [4.69, 9.17) is 4.74 Å². The Balaban J connectivity index is 1.19. The van der Waals surface area contributed by atoms with Crippen LogP contribution in [0.3, 0.4) is 0 Å². The Morgan fingerprint density at radius 1 is 1.02 bits per heavy atom. The van der Waals surface area contributed by atoms with E-state index in [2.05, 4.69) is 25.5 Å². The molecule has 4 aromatic rings. The lowest BCUT2D eigenvalue weighted by Gasteiger charge is -2.35. The van der Waals surface area contributed by atoms with Crippen LogP contribution >= 0.6 is 0 Å². The number of hydrogen-bond donors (Lipinski definition) is 1. The van der Waals surface area contributed by atoms with Crippen molar-refractivity contribution < 1.29 is 18.7 Å². The van der Waals surface area contributed by atoms with Crippen molar-refractivity contribution in [1.29, 1.82) is 0 Å². The standard InChI is InChI=1S/C29H28FN7O3/c1-2-40-20-11-12-22(31-17-20)27-35-34-26(37(27)25-10-4-3-7-21(25)30)18-15-19(16-18)32-28(38)23-8-5-9-24(33-23)29(39)36-13-6-14-36/h3-5,7-12,17-19H,2,6,13-16H2,1H3,(H,32,38)/t18-,19-. The maximum atomic E-state index is 15.0. The summed E-state index contributed by atoms with van der Waals surface area (Å²) in [7, 11) is 0. The summed E-state index contributed by atoms with van der Waals surface area (Å²) in [6.45, 7) is 3.85. The molecule has 0 atom stereocenters. The van der Waals surface area contributed by atoms with Crippen molar-refractivity contribution in [3.05, 3.63) is 83.8 Å². The molecule has 0 unspecified atom stereocenters. The molecule has 2 amide bonds. The number of rotatable bonds is 8. The molecule has 40 heavy (non-hydrogen) atoms. The third kappa shape index (κ3) is 4.90. The summed E-state index contributed by atoms with van der Waals surface area (Å²) >= 11 is 0. The van der Waals surface area contributed by atoms with E-state index in [1.54, 1.807) is 64.2 Å². The van der Waals surface area contributed by atoms with Crippen LogP contribution in [-0.4, -0.2) is 67.2 Å². The van der Waals surface area contributed by atoms with Gasteiger partial charge in [0, 0.05) is 25.0 Å². The average molecular weight is 542 g/mol.